The van der Waals surface area contributed by atoms with Crippen molar-refractivity contribution in [2.45, 2.75) is 44.2 Å². The highest BCUT2D eigenvalue weighted by Crippen LogP contribution is 2.34. The maximum atomic E-state index is 13.7. The maximum absolute atomic E-state index is 13.7. The predicted octanol–water partition coefficient (Wildman–Crippen LogP) is 6.25. The van der Waals surface area contributed by atoms with Crippen molar-refractivity contribution in [1.82, 2.24) is 15.1 Å². The number of nitrogens with one attached hydrogen (secondary N) is 1. The molecule has 200 valence electrons. The summed E-state index contributed by atoms with van der Waals surface area (Å²) in [6.07, 6.45) is 2.29. The summed E-state index contributed by atoms with van der Waals surface area (Å²) in [6.45, 7) is 4.55. The predicted molar refractivity (Wildman–Crippen MR) is 154 cm³/mol. The average Bonchev–Trinajstić information content (AvgIpc) is 2.92. The number of hydrogen-bond donors (Lipinski definition) is 1. The summed E-state index contributed by atoms with van der Waals surface area (Å²) >= 11 is 12.5. The van der Waals surface area contributed by atoms with Crippen LogP contribution in [0.3, 0.4) is 0 Å². The van der Waals surface area contributed by atoms with Crippen molar-refractivity contribution < 1.29 is 9.59 Å². The molecular formula is C31H35Cl2N3O2. The first-order chi connectivity index (χ1) is 18.3. The van der Waals surface area contributed by atoms with Crippen LogP contribution in [-0.2, 0) is 21.7 Å². The number of rotatable bonds is 9. The third-order valence-corrected chi connectivity index (χ3v) is 8.21. The summed E-state index contributed by atoms with van der Waals surface area (Å²) < 4.78 is 0. The van der Waals surface area contributed by atoms with Crippen molar-refractivity contribution in [3.63, 3.8) is 0 Å². The summed E-state index contributed by atoms with van der Waals surface area (Å²) in [6, 6.07) is 25.7. The molecule has 0 aliphatic carbocycles. The Morgan fingerprint density at radius 1 is 0.947 bits per heavy atom. The molecule has 5 nitrogen and oxygen atoms in total. The van der Waals surface area contributed by atoms with Crippen LogP contribution in [0.25, 0.3) is 0 Å². The number of carbonyl (C=O) groups is 2. The second kappa shape index (κ2) is 12.8. The topological polar surface area (TPSA) is 52.7 Å². The fraction of sp³-hybridized carbons (Fsp3) is 0.355. The molecule has 7 heteroatoms. The minimum absolute atomic E-state index is 0.0194. The molecule has 3 aromatic carbocycles. The second-order valence-electron chi connectivity index (χ2n) is 10.2. The van der Waals surface area contributed by atoms with Gasteiger partial charge in [0.25, 0.3) is 0 Å². The number of amides is 2. The highest BCUT2D eigenvalue weighted by Gasteiger charge is 2.37. The third kappa shape index (κ3) is 6.96. The first-order valence-corrected chi connectivity index (χ1v) is 13.8. The molecule has 38 heavy (non-hydrogen) atoms. The molecule has 1 unspecified atom stereocenters. The van der Waals surface area contributed by atoms with Crippen LogP contribution in [0.4, 0.5) is 0 Å². The smallest absolute Gasteiger partial charge is 0.230 e. The van der Waals surface area contributed by atoms with Gasteiger partial charge in [-0.1, -0.05) is 89.9 Å². The number of piperidine rings is 1. The van der Waals surface area contributed by atoms with Crippen LogP contribution in [0.15, 0.2) is 78.9 Å². The Balaban J connectivity index is 1.47. The number of likely N-dealkylation sites (tertiary alicyclic amines) is 1. The van der Waals surface area contributed by atoms with E-state index in [1.54, 1.807) is 17.9 Å². The Morgan fingerprint density at radius 2 is 1.58 bits per heavy atom. The summed E-state index contributed by atoms with van der Waals surface area (Å²) in [7, 11) is 1.85. The quantitative estimate of drug-likeness (QED) is 0.341. The van der Waals surface area contributed by atoms with Gasteiger partial charge in [-0.3, -0.25) is 9.59 Å². The van der Waals surface area contributed by atoms with E-state index in [0.29, 0.717) is 23.0 Å². The molecular weight excluding hydrogens is 517 g/mol. The number of likely N-dealkylation sites (N-methyl/N-ethyl adjacent to an activating group) is 1. The first-order valence-electron chi connectivity index (χ1n) is 13.1. The van der Waals surface area contributed by atoms with E-state index in [-0.39, 0.29) is 23.3 Å². The molecule has 1 heterocycles. The fourth-order valence-corrected chi connectivity index (χ4v) is 5.72. The number of halogens is 2. The van der Waals surface area contributed by atoms with Crippen molar-refractivity contribution >= 4 is 35.0 Å². The lowest BCUT2D eigenvalue weighted by Crippen LogP contribution is -2.52. The van der Waals surface area contributed by atoms with Crippen LogP contribution >= 0.6 is 23.2 Å². The van der Waals surface area contributed by atoms with Crippen molar-refractivity contribution in [3.05, 3.63) is 106 Å². The fourth-order valence-electron chi connectivity index (χ4n) is 5.41. The number of nitrogens with zero attached hydrogens (tertiary/aromatic N) is 2. The van der Waals surface area contributed by atoms with Crippen molar-refractivity contribution in [1.29, 1.82) is 0 Å². The monoisotopic (exact) mass is 551 g/mol. The second-order valence-corrected chi connectivity index (χ2v) is 11.0. The van der Waals surface area contributed by atoms with Gasteiger partial charge in [-0.15, -0.1) is 0 Å². The minimum atomic E-state index is -0.363. The molecule has 1 aliphatic rings. The van der Waals surface area contributed by atoms with Gasteiger partial charge >= 0.3 is 0 Å². The van der Waals surface area contributed by atoms with Gasteiger partial charge in [-0.2, -0.15) is 0 Å². The SMILES string of the molecule is CC(=O)NC1(c2ccccc2)CCN(CCC(C(=O)N(C)Cc2ccccc2)c2ccc(Cl)c(Cl)c2)CC1. The Labute approximate surface area is 235 Å². The van der Waals surface area contributed by atoms with E-state index in [1.807, 2.05) is 67.7 Å². The lowest BCUT2D eigenvalue weighted by Gasteiger charge is -2.43. The summed E-state index contributed by atoms with van der Waals surface area (Å²) in [5, 5.41) is 4.17. The molecule has 1 N–H and O–H groups in total. The van der Waals surface area contributed by atoms with Crippen molar-refractivity contribution in [2.75, 3.05) is 26.7 Å². The van der Waals surface area contributed by atoms with Gasteiger partial charge < -0.3 is 15.1 Å². The molecule has 0 aromatic heterocycles. The number of benzene rings is 3. The molecule has 1 atom stereocenters. The van der Waals surface area contributed by atoms with E-state index in [1.165, 1.54) is 0 Å². The highest BCUT2D eigenvalue weighted by molar-refractivity contribution is 6.42. The molecule has 3 aromatic rings. The van der Waals surface area contributed by atoms with Crippen LogP contribution in [0.2, 0.25) is 10.0 Å². The average molecular weight is 553 g/mol. The molecule has 0 saturated carbocycles. The van der Waals surface area contributed by atoms with E-state index >= 15 is 0 Å². The minimum Gasteiger partial charge on any atom is -0.347 e. The van der Waals surface area contributed by atoms with Gasteiger partial charge in [0.2, 0.25) is 11.8 Å². The van der Waals surface area contributed by atoms with Gasteiger partial charge in [0, 0.05) is 33.6 Å². The molecule has 1 fully saturated rings. The molecule has 0 bridgehead atoms. The van der Waals surface area contributed by atoms with Crippen LogP contribution in [0.5, 0.6) is 0 Å². The summed E-state index contributed by atoms with van der Waals surface area (Å²) in [5.41, 5.74) is 2.74. The van der Waals surface area contributed by atoms with Crippen molar-refractivity contribution in [3.8, 4) is 0 Å². The molecule has 0 spiro atoms. The van der Waals surface area contributed by atoms with Gasteiger partial charge in [-0.05, 0) is 54.6 Å². The zero-order chi connectivity index (χ0) is 27.1. The van der Waals surface area contributed by atoms with E-state index in [4.69, 9.17) is 23.2 Å². The Hall–Kier alpha value is -2.86. The van der Waals surface area contributed by atoms with Crippen LogP contribution in [0.1, 0.15) is 48.8 Å². The molecule has 1 aliphatic heterocycles. The van der Waals surface area contributed by atoms with Gasteiger partial charge in [0.1, 0.15) is 0 Å². The van der Waals surface area contributed by atoms with E-state index in [0.717, 1.165) is 49.2 Å². The molecule has 0 radical (unpaired) electrons. The molecule has 4 rings (SSSR count). The first kappa shape index (κ1) is 28.2. The van der Waals surface area contributed by atoms with Crippen LogP contribution in [0, 0.1) is 0 Å². The zero-order valence-corrected chi connectivity index (χ0v) is 23.5. The van der Waals surface area contributed by atoms with E-state index in [2.05, 4.69) is 22.3 Å². The van der Waals surface area contributed by atoms with E-state index < -0.39 is 0 Å². The van der Waals surface area contributed by atoms with Crippen LogP contribution in [-0.4, -0.2) is 48.3 Å². The summed E-state index contributed by atoms with van der Waals surface area (Å²) in [5.74, 6) is -0.301. The van der Waals surface area contributed by atoms with Crippen molar-refractivity contribution in [2.24, 2.45) is 0 Å². The number of carbonyl (C=O) groups excluding carboxylic acids is 2. The standard InChI is InChI=1S/C31H35Cl2N3O2/c1-23(37)34-31(26-11-7-4-8-12-26)16-19-36(20-17-31)18-15-27(25-13-14-28(32)29(33)21-25)30(38)35(2)22-24-9-5-3-6-10-24/h3-14,21,27H,15-20,22H2,1-2H3,(H,34,37). The third-order valence-electron chi connectivity index (χ3n) is 7.47. The number of hydrogen-bond acceptors (Lipinski definition) is 3. The van der Waals surface area contributed by atoms with E-state index in [9.17, 15) is 9.59 Å². The van der Waals surface area contributed by atoms with Crippen LogP contribution < -0.4 is 5.32 Å². The van der Waals surface area contributed by atoms with Gasteiger partial charge in [0.15, 0.2) is 0 Å². The van der Waals surface area contributed by atoms with Gasteiger partial charge in [-0.25, -0.2) is 0 Å². The Kier molecular flexibility index (Phi) is 9.48. The summed E-state index contributed by atoms with van der Waals surface area (Å²) in [4.78, 5) is 30.0. The lowest BCUT2D eigenvalue weighted by atomic mass is 9.80. The zero-order valence-electron chi connectivity index (χ0n) is 22.0. The Morgan fingerprint density at radius 3 is 2.18 bits per heavy atom. The lowest BCUT2D eigenvalue weighted by molar-refractivity contribution is -0.132. The Bertz CT molecular complexity index is 1230. The highest BCUT2D eigenvalue weighted by atomic mass is 35.5. The molecule has 2 amide bonds. The maximum Gasteiger partial charge on any atom is 0.230 e. The molecule has 1 saturated heterocycles. The normalized spacial score (nSPS) is 16.0. The largest absolute Gasteiger partial charge is 0.347 e. The van der Waals surface area contributed by atoms with Gasteiger partial charge in [0.05, 0.1) is 21.5 Å².